The van der Waals surface area contributed by atoms with Gasteiger partial charge in [0.25, 0.3) is 5.56 Å². The van der Waals surface area contributed by atoms with Crippen molar-refractivity contribution in [2.24, 2.45) is 0 Å². The molecule has 0 saturated heterocycles. The van der Waals surface area contributed by atoms with Crippen molar-refractivity contribution in [2.45, 2.75) is 33.7 Å². The fourth-order valence-corrected chi connectivity index (χ4v) is 4.44. The van der Waals surface area contributed by atoms with Gasteiger partial charge in [-0.25, -0.2) is 4.98 Å². The summed E-state index contributed by atoms with van der Waals surface area (Å²) in [6, 6.07) is 16.6. The van der Waals surface area contributed by atoms with E-state index in [1.54, 1.807) is 22.2 Å². The van der Waals surface area contributed by atoms with E-state index in [-0.39, 0.29) is 5.56 Å². The van der Waals surface area contributed by atoms with E-state index in [1.165, 1.54) is 16.7 Å². The molecule has 2 heterocycles. The summed E-state index contributed by atoms with van der Waals surface area (Å²) in [5, 5.41) is 0.747. The van der Waals surface area contributed by atoms with Gasteiger partial charge >= 0.3 is 0 Å². The molecular weight excluding hydrogens is 352 g/mol. The molecule has 0 saturated carbocycles. The van der Waals surface area contributed by atoms with E-state index >= 15 is 0 Å². The molecule has 0 fully saturated rings. The largest absolute Gasteiger partial charge is 0.298 e. The Balaban J connectivity index is 1.80. The molecule has 0 unspecified atom stereocenters. The fourth-order valence-electron chi connectivity index (χ4n) is 3.44. The number of hydrogen-bond acceptors (Lipinski definition) is 3. The predicted octanol–water partition coefficient (Wildman–Crippen LogP) is 5.29. The fraction of sp³-hybridized carbons (Fsp3) is 0.217. The molecule has 27 heavy (non-hydrogen) atoms. The van der Waals surface area contributed by atoms with Gasteiger partial charge in [0, 0.05) is 17.0 Å². The van der Waals surface area contributed by atoms with E-state index in [4.69, 9.17) is 0 Å². The lowest BCUT2D eigenvalue weighted by Gasteiger charge is -2.08. The van der Waals surface area contributed by atoms with Gasteiger partial charge in [-0.2, -0.15) is 0 Å². The van der Waals surface area contributed by atoms with Crippen LogP contribution in [0.5, 0.6) is 0 Å². The molecule has 4 aromatic rings. The van der Waals surface area contributed by atoms with Crippen LogP contribution in [0.1, 0.15) is 21.6 Å². The van der Waals surface area contributed by atoms with Crippen LogP contribution in [0.2, 0.25) is 0 Å². The summed E-state index contributed by atoms with van der Waals surface area (Å²) in [4.78, 5) is 19.8. The molecule has 0 spiro atoms. The summed E-state index contributed by atoms with van der Waals surface area (Å²) in [6.45, 7) is 6.92. The summed E-state index contributed by atoms with van der Waals surface area (Å²) < 4.78 is 1.74. The van der Waals surface area contributed by atoms with Crippen LogP contribution in [0.3, 0.4) is 0 Å². The van der Waals surface area contributed by atoms with Crippen LogP contribution >= 0.6 is 11.3 Å². The van der Waals surface area contributed by atoms with E-state index in [0.29, 0.717) is 6.54 Å². The van der Waals surface area contributed by atoms with Gasteiger partial charge in [0.05, 0.1) is 11.7 Å². The molecule has 2 aromatic carbocycles. The Kier molecular flexibility index (Phi) is 4.66. The molecule has 0 amide bonds. The first kappa shape index (κ1) is 17.7. The van der Waals surface area contributed by atoms with Gasteiger partial charge in [-0.1, -0.05) is 48.5 Å². The molecule has 4 rings (SSSR count). The predicted molar refractivity (Wildman–Crippen MR) is 114 cm³/mol. The Labute approximate surface area is 163 Å². The zero-order valence-electron chi connectivity index (χ0n) is 15.8. The Bertz CT molecular complexity index is 1170. The normalized spacial score (nSPS) is 11.2. The number of fused-ring (bicyclic) bond motifs is 1. The van der Waals surface area contributed by atoms with E-state index in [2.05, 4.69) is 56.1 Å². The van der Waals surface area contributed by atoms with Gasteiger partial charge in [-0.15, -0.1) is 11.3 Å². The molecule has 0 radical (unpaired) electrons. The van der Waals surface area contributed by atoms with Crippen molar-refractivity contribution in [2.75, 3.05) is 0 Å². The highest BCUT2D eigenvalue weighted by Crippen LogP contribution is 2.36. The summed E-state index contributed by atoms with van der Waals surface area (Å²) in [5.74, 6) is 0. The lowest BCUT2D eigenvalue weighted by molar-refractivity contribution is 0.663. The van der Waals surface area contributed by atoms with Gasteiger partial charge < -0.3 is 0 Å². The molecule has 0 aliphatic rings. The van der Waals surface area contributed by atoms with Crippen molar-refractivity contribution in [3.63, 3.8) is 0 Å². The van der Waals surface area contributed by atoms with E-state index in [9.17, 15) is 4.79 Å². The van der Waals surface area contributed by atoms with Gasteiger partial charge in [0.2, 0.25) is 0 Å². The standard InChI is InChI=1S/C23H22N2OS/c1-15-9-10-19(13-16(15)2)20-17(3)27-22-21(20)23(26)25(14-24-22)12-11-18-7-5-4-6-8-18/h4-10,13-14H,11-12H2,1-3H3. The second-order valence-electron chi connectivity index (χ2n) is 6.99. The molecule has 3 nitrogen and oxygen atoms in total. The number of rotatable bonds is 4. The third-order valence-corrected chi connectivity index (χ3v) is 6.15. The maximum atomic E-state index is 13.2. The summed E-state index contributed by atoms with van der Waals surface area (Å²) in [7, 11) is 0. The summed E-state index contributed by atoms with van der Waals surface area (Å²) in [5.41, 5.74) is 5.90. The van der Waals surface area contributed by atoms with E-state index in [1.807, 2.05) is 18.2 Å². The summed E-state index contributed by atoms with van der Waals surface area (Å²) in [6.07, 6.45) is 2.50. The Morgan fingerprint density at radius 3 is 2.52 bits per heavy atom. The van der Waals surface area contributed by atoms with Crippen molar-refractivity contribution in [3.05, 3.63) is 86.8 Å². The van der Waals surface area contributed by atoms with Crippen LogP contribution < -0.4 is 5.56 Å². The zero-order valence-corrected chi connectivity index (χ0v) is 16.6. The molecule has 2 aromatic heterocycles. The van der Waals surface area contributed by atoms with Gasteiger partial charge in [0.15, 0.2) is 0 Å². The van der Waals surface area contributed by atoms with Crippen LogP contribution in [0.15, 0.2) is 59.7 Å². The van der Waals surface area contributed by atoms with Gasteiger partial charge in [0.1, 0.15) is 4.83 Å². The maximum absolute atomic E-state index is 13.2. The third kappa shape index (κ3) is 3.33. The minimum atomic E-state index is 0.0495. The lowest BCUT2D eigenvalue weighted by atomic mass is 9.99. The first-order chi connectivity index (χ1) is 13.0. The van der Waals surface area contributed by atoms with E-state index in [0.717, 1.165) is 32.6 Å². The van der Waals surface area contributed by atoms with Crippen LogP contribution in [-0.4, -0.2) is 9.55 Å². The lowest BCUT2D eigenvalue weighted by Crippen LogP contribution is -2.21. The first-order valence-electron chi connectivity index (χ1n) is 9.14. The molecule has 0 aliphatic carbocycles. The minimum Gasteiger partial charge on any atom is -0.298 e. The highest BCUT2D eigenvalue weighted by Gasteiger charge is 2.17. The third-order valence-electron chi connectivity index (χ3n) is 5.13. The molecule has 136 valence electrons. The number of nitrogens with zero attached hydrogens (tertiary/aromatic N) is 2. The van der Waals surface area contributed by atoms with Crippen LogP contribution in [0, 0.1) is 20.8 Å². The molecule has 0 N–H and O–H groups in total. The molecule has 0 bridgehead atoms. The Hall–Kier alpha value is -2.72. The Morgan fingerprint density at radius 2 is 1.78 bits per heavy atom. The molecule has 0 atom stereocenters. The molecule has 0 aliphatic heterocycles. The Morgan fingerprint density at radius 1 is 1.00 bits per heavy atom. The number of thiophene rings is 1. The van der Waals surface area contributed by atoms with Crippen LogP contribution in [0.4, 0.5) is 0 Å². The molecule has 4 heteroatoms. The second-order valence-corrected chi connectivity index (χ2v) is 8.19. The second kappa shape index (κ2) is 7.12. The van der Waals surface area contributed by atoms with Crippen molar-refractivity contribution in [1.82, 2.24) is 9.55 Å². The zero-order chi connectivity index (χ0) is 19.0. The van der Waals surface area contributed by atoms with Crippen molar-refractivity contribution < 1.29 is 0 Å². The maximum Gasteiger partial charge on any atom is 0.262 e. The SMILES string of the molecule is Cc1ccc(-c2c(C)sc3ncn(CCc4ccccc4)c(=O)c23)cc1C. The van der Waals surface area contributed by atoms with Gasteiger partial charge in [-0.3, -0.25) is 9.36 Å². The highest BCUT2D eigenvalue weighted by atomic mass is 32.1. The quantitative estimate of drug-likeness (QED) is 0.486. The monoisotopic (exact) mass is 374 g/mol. The highest BCUT2D eigenvalue weighted by molar-refractivity contribution is 7.19. The average molecular weight is 375 g/mol. The first-order valence-corrected chi connectivity index (χ1v) is 9.96. The number of benzene rings is 2. The van der Waals surface area contributed by atoms with E-state index < -0.39 is 0 Å². The number of aryl methyl sites for hydroxylation is 5. The van der Waals surface area contributed by atoms with Crippen LogP contribution in [-0.2, 0) is 13.0 Å². The smallest absolute Gasteiger partial charge is 0.262 e. The van der Waals surface area contributed by atoms with Crippen molar-refractivity contribution in [3.8, 4) is 11.1 Å². The number of hydrogen-bond donors (Lipinski definition) is 0. The average Bonchev–Trinajstić information content (AvgIpc) is 3.01. The van der Waals surface area contributed by atoms with Crippen molar-refractivity contribution >= 4 is 21.6 Å². The number of aromatic nitrogens is 2. The molecular formula is C23H22N2OS. The van der Waals surface area contributed by atoms with Crippen LogP contribution in [0.25, 0.3) is 21.3 Å². The topological polar surface area (TPSA) is 34.9 Å². The summed E-state index contributed by atoms with van der Waals surface area (Å²) >= 11 is 1.60. The van der Waals surface area contributed by atoms with Gasteiger partial charge in [-0.05, 0) is 49.4 Å². The minimum absolute atomic E-state index is 0.0495. The van der Waals surface area contributed by atoms with Crippen molar-refractivity contribution in [1.29, 1.82) is 0 Å².